The fraction of sp³-hybridized carbons (Fsp3) is 0.200. The first kappa shape index (κ1) is 18.3. The van der Waals surface area contributed by atoms with Crippen LogP contribution < -0.4 is 14.4 Å². The van der Waals surface area contributed by atoms with Crippen LogP contribution in [0.25, 0.3) is 10.9 Å². The molecule has 2 N–H and O–H groups in total. The second-order valence-corrected chi connectivity index (χ2v) is 6.04. The van der Waals surface area contributed by atoms with Crippen molar-refractivity contribution in [2.45, 2.75) is 12.8 Å². The number of carboxylic acids is 1. The predicted molar refractivity (Wildman–Crippen MR) is 102 cm³/mol. The fourth-order valence-corrected chi connectivity index (χ4v) is 2.76. The number of ether oxygens (including phenoxy) is 2. The van der Waals surface area contributed by atoms with Crippen LogP contribution in [-0.2, 0) is 11.2 Å². The highest BCUT2D eigenvalue weighted by atomic mass is 16.6. The van der Waals surface area contributed by atoms with Crippen molar-refractivity contribution in [1.29, 1.82) is 0 Å². The van der Waals surface area contributed by atoms with Crippen LogP contribution in [0.5, 0.6) is 11.5 Å². The van der Waals surface area contributed by atoms with E-state index in [1.807, 2.05) is 6.07 Å². The number of aromatic amines is 1. The minimum absolute atomic E-state index is 0.0658. The number of fused-ring (bicyclic) bond motifs is 1. The number of H-pyrrole nitrogens is 1. The van der Waals surface area contributed by atoms with Gasteiger partial charge >= 0.3 is 12.1 Å². The van der Waals surface area contributed by atoms with Gasteiger partial charge in [0, 0.05) is 42.3 Å². The first-order valence-electron chi connectivity index (χ1n) is 8.39. The maximum Gasteiger partial charge on any atom is 0.419 e. The number of benzene rings is 2. The second-order valence-electron chi connectivity index (χ2n) is 6.04. The highest BCUT2D eigenvalue weighted by Gasteiger charge is 2.14. The molecule has 0 aliphatic heterocycles. The first-order chi connectivity index (χ1) is 13.0. The van der Waals surface area contributed by atoms with Gasteiger partial charge in [0.25, 0.3) is 0 Å². The Kier molecular flexibility index (Phi) is 5.30. The first-order valence-corrected chi connectivity index (χ1v) is 8.39. The molecule has 0 saturated heterocycles. The Labute approximate surface area is 156 Å². The molecule has 0 saturated carbocycles. The lowest BCUT2D eigenvalue weighted by molar-refractivity contribution is -0.136. The van der Waals surface area contributed by atoms with Crippen LogP contribution >= 0.6 is 0 Å². The van der Waals surface area contributed by atoms with E-state index < -0.39 is 12.1 Å². The van der Waals surface area contributed by atoms with Crippen LogP contribution in [0.1, 0.15) is 12.0 Å². The summed E-state index contributed by atoms with van der Waals surface area (Å²) >= 11 is 0. The number of aryl methyl sites for hydroxylation is 1. The number of anilines is 1. The minimum atomic E-state index is -0.837. The summed E-state index contributed by atoms with van der Waals surface area (Å²) in [6.45, 7) is 0. The summed E-state index contributed by atoms with van der Waals surface area (Å²) in [6.07, 6.45) is 1.77. The summed E-state index contributed by atoms with van der Waals surface area (Å²) in [5.74, 6) is 0.271. The summed E-state index contributed by atoms with van der Waals surface area (Å²) < 4.78 is 10.6. The van der Waals surface area contributed by atoms with E-state index in [0.29, 0.717) is 23.6 Å². The van der Waals surface area contributed by atoms with Crippen molar-refractivity contribution in [1.82, 2.24) is 4.98 Å². The van der Waals surface area contributed by atoms with Crippen LogP contribution in [0.15, 0.2) is 48.7 Å². The summed E-state index contributed by atoms with van der Waals surface area (Å²) in [5, 5.41) is 9.74. The van der Waals surface area contributed by atoms with Gasteiger partial charge in [-0.2, -0.15) is 0 Å². The number of hydrogen-bond acceptors (Lipinski definition) is 4. The van der Waals surface area contributed by atoms with E-state index in [1.54, 1.807) is 56.8 Å². The quantitative estimate of drug-likeness (QED) is 0.690. The van der Waals surface area contributed by atoms with Gasteiger partial charge in [-0.15, -0.1) is 0 Å². The zero-order chi connectivity index (χ0) is 19.4. The molecule has 0 bridgehead atoms. The Balaban J connectivity index is 1.71. The molecule has 1 amide bonds. The van der Waals surface area contributed by atoms with Crippen molar-refractivity contribution in [3.63, 3.8) is 0 Å². The second kappa shape index (κ2) is 7.82. The van der Waals surface area contributed by atoms with Gasteiger partial charge < -0.3 is 19.6 Å². The third kappa shape index (κ3) is 4.20. The molecule has 3 rings (SSSR count). The van der Waals surface area contributed by atoms with Crippen LogP contribution in [0, 0.1) is 0 Å². The molecule has 0 aliphatic rings. The van der Waals surface area contributed by atoms with E-state index in [2.05, 4.69) is 4.98 Å². The van der Waals surface area contributed by atoms with Crippen molar-refractivity contribution in [2.24, 2.45) is 0 Å². The van der Waals surface area contributed by atoms with Crippen molar-refractivity contribution in [3.05, 3.63) is 54.2 Å². The van der Waals surface area contributed by atoms with Crippen molar-refractivity contribution in [3.8, 4) is 11.5 Å². The Bertz CT molecular complexity index is 962. The van der Waals surface area contributed by atoms with Crippen molar-refractivity contribution in [2.75, 3.05) is 19.1 Å². The number of carbonyl (C=O) groups excluding carboxylic acids is 1. The zero-order valence-electron chi connectivity index (χ0n) is 15.1. The highest BCUT2D eigenvalue weighted by molar-refractivity contribution is 5.90. The minimum Gasteiger partial charge on any atom is -0.497 e. The molecule has 3 aromatic rings. The molecule has 0 aliphatic carbocycles. The van der Waals surface area contributed by atoms with Gasteiger partial charge in [0.2, 0.25) is 0 Å². The van der Waals surface area contributed by atoms with E-state index >= 15 is 0 Å². The number of carboxylic acid groups (broad SMARTS) is 1. The number of aliphatic carboxylic acids is 1. The van der Waals surface area contributed by atoms with E-state index in [4.69, 9.17) is 14.6 Å². The summed E-state index contributed by atoms with van der Waals surface area (Å²) in [4.78, 5) is 27.6. The van der Waals surface area contributed by atoms with Crippen LogP contribution in [0.4, 0.5) is 10.5 Å². The molecule has 0 atom stereocenters. The molecule has 0 fully saturated rings. The molecule has 0 spiro atoms. The standard InChI is InChI=1S/C20H20N2O5/c1-22(14-4-6-15(26-2)7-5-14)20(25)27-16-8-9-17-13(3-10-19(23)24)12-21-18(17)11-16/h4-9,11-12,21H,3,10H2,1-2H3,(H,23,24). The molecule has 0 radical (unpaired) electrons. The number of rotatable bonds is 6. The molecule has 2 aromatic carbocycles. The third-order valence-electron chi connectivity index (χ3n) is 4.29. The lowest BCUT2D eigenvalue weighted by Crippen LogP contribution is -2.29. The molecule has 27 heavy (non-hydrogen) atoms. The Morgan fingerprint density at radius 1 is 1.11 bits per heavy atom. The average molecular weight is 368 g/mol. The van der Waals surface area contributed by atoms with Crippen LogP contribution in [0.2, 0.25) is 0 Å². The molecule has 140 valence electrons. The Morgan fingerprint density at radius 2 is 1.81 bits per heavy atom. The van der Waals surface area contributed by atoms with Crippen LogP contribution in [-0.4, -0.2) is 36.3 Å². The van der Waals surface area contributed by atoms with Gasteiger partial charge in [-0.1, -0.05) is 0 Å². The summed E-state index contributed by atoms with van der Waals surface area (Å²) in [6, 6.07) is 12.3. The maximum absolute atomic E-state index is 12.4. The fourth-order valence-electron chi connectivity index (χ4n) is 2.76. The number of methoxy groups -OCH3 is 1. The van der Waals surface area contributed by atoms with Crippen LogP contribution in [0.3, 0.4) is 0 Å². The monoisotopic (exact) mass is 368 g/mol. The summed E-state index contributed by atoms with van der Waals surface area (Å²) in [5.41, 5.74) is 2.38. The van der Waals surface area contributed by atoms with E-state index in [9.17, 15) is 9.59 Å². The van der Waals surface area contributed by atoms with Gasteiger partial charge in [-0.05, 0) is 48.4 Å². The molecular formula is C20H20N2O5. The molecular weight excluding hydrogens is 348 g/mol. The number of hydrogen-bond donors (Lipinski definition) is 2. The zero-order valence-corrected chi connectivity index (χ0v) is 15.1. The molecule has 1 heterocycles. The average Bonchev–Trinajstić information content (AvgIpc) is 3.08. The topological polar surface area (TPSA) is 91.9 Å². The number of nitrogens with one attached hydrogen (secondary N) is 1. The molecule has 1 aromatic heterocycles. The molecule has 7 nitrogen and oxygen atoms in total. The largest absolute Gasteiger partial charge is 0.497 e. The lowest BCUT2D eigenvalue weighted by Gasteiger charge is -2.17. The van der Waals surface area contributed by atoms with Gasteiger partial charge in [-0.3, -0.25) is 9.69 Å². The van der Waals surface area contributed by atoms with Gasteiger partial charge in [0.05, 0.1) is 7.11 Å². The van der Waals surface area contributed by atoms with Crippen molar-refractivity contribution >= 4 is 28.7 Å². The third-order valence-corrected chi connectivity index (χ3v) is 4.29. The van der Waals surface area contributed by atoms with E-state index in [-0.39, 0.29) is 6.42 Å². The van der Waals surface area contributed by atoms with E-state index in [1.165, 1.54) is 4.90 Å². The number of nitrogens with zero attached hydrogens (tertiary/aromatic N) is 1. The summed E-state index contributed by atoms with van der Waals surface area (Å²) in [7, 11) is 3.21. The number of carbonyl (C=O) groups is 2. The highest BCUT2D eigenvalue weighted by Crippen LogP contribution is 2.25. The molecule has 7 heteroatoms. The van der Waals surface area contributed by atoms with Gasteiger partial charge in [0.15, 0.2) is 0 Å². The van der Waals surface area contributed by atoms with Gasteiger partial charge in [-0.25, -0.2) is 4.79 Å². The number of amides is 1. The Morgan fingerprint density at radius 3 is 2.48 bits per heavy atom. The van der Waals surface area contributed by atoms with Crippen molar-refractivity contribution < 1.29 is 24.2 Å². The SMILES string of the molecule is COc1ccc(N(C)C(=O)Oc2ccc3c(CCC(=O)O)c[nH]c3c2)cc1. The maximum atomic E-state index is 12.4. The lowest BCUT2D eigenvalue weighted by atomic mass is 10.1. The van der Waals surface area contributed by atoms with Gasteiger partial charge in [0.1, 0.15) is 11.5 Å². The molecule has 0 unspecified atom stereocenters. The number of aromatic nitrogens is 1. The predicted octanol–water partition coefficient (Wildman–Crippen LogP) is 3.83. The smallest absolute Gasteiger partial charge is 0.419 e. The Hall–Kier alpha value is -3.48. The normalized spacial score (nSPS) is 10.6. The van der Waals surface area contributed by atoms with E-state index in [0.717, 1.165) is 16.5 Å².